The Labute approximate surface area is 199 Å². The molecule has 3 heterocycles. The SMILES string of the molecule is Cc1cc(F)ccc1-c1nc(NC2CCN(C)CC2)nc2c1CNC(=O)N2c1ccccc1C. The number of piperidine rings is 1. The molecule has 0 spiro atoms. The minimum absolute atomic E-state index is 0.229. The molecule has 2 aromatic carbocycles. The van der Waals surface area contributed by atoms with Crippen LogP contribution in [0.25, 0.3) is 11.3 Å². The fraction of sp³-hybridized carbons (Fsp3) is 0.346. The molecule has 1 fully saturated rings. The van der Waals surface area contributed by atoms with Gasteiger partial charge in [0.05, 0.1) is 17.9 Å². The van der Waals surface area contributed by atoms with Crippen molar-refractivity contribution in [1.82, 2.24) is 20.2 Å². The molecule has 34 heavy (non-hydrogen) atoms. The summed E-state index contributed by atoms with van der Waals surface area (Å²) >= 11 is 0. The van der Waals surface area contributed by atoms with Crippen LogP contribution < -0.4 is 15.5 Å². The van der Waals surface area contributed by atoms with E-state index in [0.29, 0.717) is 24.0 Å². The van der Waals surface area contributed by atoms with Crippen LogP contribution in [-0.4, -0.2) is 47.1 Å². The topological polar surface area (TPSA) is 73.4 Å². The first kappa shape index (κ1) is 22.3. The highest BCUT2D eigenvalue weighted by molar-refractivity contribution is 6.02. The Balaban J connectivity index is 1.66. The number of likely N-dealkylation sites (tertiary alicyclic amines) is 1. The number of nitrogens with zero attached hydrogens (tertiary/aromatic N) is 4. The Hall–Kier alpha value is -3.52. The lowest BCUT2D eigenvalue weighted by atomic mass is 9.99. The van der Waals surface area contributed by atoms with Crippen LogP contribution in [0.15, 0.2) is 42.5 Å². The fourth-order valence-corrected chi connectivity index (χ4v) is 4.71. The summed E-state index contributed by atoms with van der Waals surface area (Å²) in [6.45, 7) is 6.16. The summed E-state index contributed by atoms with van der Waals surface area (Å²) < 4.78 is 13.9. The van der Waals surface area contributed by atoms with Gasteiger partial charge in [-0.2, -0.15) is 4.98 Å². The summed E-state index contributed by atoms with van der Waals surface area (Å²) in [7, 11) is 2.12. The van der Waals surface area contributed by atoms with Gasteiger partial charge in [-0.25, -0.2) is 19.1 Å². The number of para-hydroxylation sites is 1. The van der Waals surface area contributed by atoms with Crippen LogP contribution in [0.2, 0.25) is 0 Å². The monoisotopic (exact) mass is 460 g/mol. The van der Waals surface area contributed by atoms with Gasteiger partial charge in [-0.15, -0.1) is 0 Å². The van der Waals surface area contributed by atoms with Crippen molar-refractivity contribution >= 4 is 23.5 Å². The molecule has 0 atom stereocenters. The molecule has 0 bridgehead atoms. The number of carbonyl (C=O) groups excluding carboxylic acids is 1. The number of aryl methyl sites for hydroxylation is 2. The fourth-order valence-electron chi connectivity index (χ4n) is 4.71. The highest BCUT2D eigenvalue weighted by Gasteiger charge is 2.32. The number of hydrogen-bond acceptors (Lipinski definition) is 5. The van der Waals surface area contributed by atoms with E-state index in [9.17, 15) is 9.18 Å². The molecule has 2 N–H and O–H groups in total. The average molecular weight is 461 g/mol. The number of nitrogens with one attached hydrogen (secondary N) is 2. The van der Waals surface area contributed by atoms with Gasteiger partial charge in [-0.05, 0) is 82.2 Å². The number of anilines is 3. The van der Waals surface area contributed by atoms with Gasteiger partial charge >= 0.3 is 6.03 Å². The summed E-state index contributed by atoms with van der Waals surface area (Å²) in [5, 5.41) is 6.48. The molecule has 0 radical (unpaired) electrons. The van der Waals surface area contributed by atoms with Crippen molar-refractivity contribution in [3.8, 4) is 11.3 Å². The third-order valence-corrected chi connectivity index (χ3v) is 6.67. The number of amides is 2. The van der Waals surface area contributed by atoms with Crippen molar-refractivity contribution in [2.75, 3.05) is 30.4 Å². The van der Waals surface area contributed by atoms with Crippen molar-refractivity contribution in [1.29, 1.82) is 0 Å². The normalized spacial score (nSPS) is 16.8. The van der Waals surface area contributed by atoms with Crippen LogP contribution in [0.4, 0.5) is 26.6 Å². The Morgan fingerprint density at radius 3 is 2.56 bits per heavy atom. The molecule has 7 nitrogen and oxygen atoms in total. The molecular formula is C26H29FN6O. The predicted octanol–water partition coefficient (Wildman–Crippen LogP) is 4.77. The number of halogens is 1. The zero-order chi connectivity index (χ0) is 23.8. The lowest BCUT2D eigenvalue weighted by molar-refractivity contribution is 0.247. The van der Waals surface area contributed by atoms with Crippen LogP contribution in [0.5, 0.6) is 0 Å². The predicted molar refractivity (Wildman–Crippen MR) is 132 cm³/mol. The van der Waals surface area contributed by atoms with E-state index >= 15 is 0 Å². The third kappa shape index (κ3) is 4.21. The van der Waals surface area contributed by atoms with Gasteiger partial charge in [0, 0.05) is 17.2 Å². The van der Waals surface area contributed by atoms with Gasteiger partial charge in [0.25, 0.3) is 0 Å². The van der Waals surface area contributed by atoms with Crippen LogP contribution in [0.3, 0.4) is 0 Å². The molecule has 0 saturated carbocycles. The molecule has 3 aromatic rings. The Morgan fingerprint density at radius 1 is 1.06 bits per heavy atom. The van der Waals surface area contributed by atoms with Crippen LogP contribution >= 0.6 is 0 Å². The number of carbonyl (C=O) groups is 1. The summed E-state index contributed by atoms with van der Waals surface area (Å²) in [6.07, 6.45) is 1.98. The van der Waals surface area contributed by atoms with Crippen molar-refractivity contribution < 1.29 is 9.18 Å². The summed E-state index contributed by atoms with van der Waals surface area (Å²) in [5.74, 6) is 0.756. The lowest BCUT2D eigenvalue weighted by Crippen LogP contribution is -2.43. The molecule has 0 aliphatic carbocycles. The Bertz CT molecular complexity index is 1240. The van der Waals surface area contributed by atoms with Gasteiger partial charge in [-0.1, -0.05) is 18.2 Å². The molecule has 176 valence electrons. The maximum atomic E-state index is 13.9. The van der Waals surface area contributed by atoms with E-state index in [1.165, 1.54) is 12.1 Å². The molecule has 2 aliphatic rings. The quantitative estimate of drug-likeness (QED) is 0.587. The first-order chi connectivity index (χ1) is 16.4. The highest BCUT2D eigenvalue weighted by atomic mass is 19.1. The zero-order valence-electron chi connectivity index (χ0n) is 19.7. The van der Waals surface area contributed by atoms with Crippen LogP contribution in [-0.2, 0) is 6.54 Å². The van der Waals surface area contributed by atoms with Crippen molar-refractivity contribution in [3.63, 3.8) is 0 Å². The van der Waals surface area contributed by atoms with E-state index in [0.717, 1.165) is 53.9 Å². The minimum Gasteiger partial charge on any atom is -0.351 e. The maximum absolute atomic E-state index is 13.9. The van der Waals surface area contributed by atoms with Gasteiger partial charge in [0.2, 0.25) is 5.95 Å². The van der Waals surface area contributed by atoms with E-state index in [4.69, 9.17) is 9.97 Å². The number of benzene rings is 2. The van der Waals surface area contributed by atoms with E-state index in [1.807, 2.05) is 38.1 Å². The van der Waals surface area contributed by atoms with Crippen molar-refractivity contribution in [2.45, 2.75) is 39.3 Å². The zero-order valence-corrected chi connectivity index (χ0v) is 19.7. The van der Waals surface area contributed by atoms with E-state index in [2.05, 4.69) is 22.6 Å². The largest absolute Gasteiger partial charge is 0.351 e. The standard InChI is InChI=1S/C26H29FN6O/c1-16-6-4-5-7-22(16)33-24-21(15-28-26(33)34)23(20-9-8-18(27)14-17(20)2)30-25(31-24)29-19-10-12-32(3)13-11-19/h4-9,14,19H,10-13,15H2,1-3H3,(H,28,34)(H,29,30,31). The molecule has 2 amide bonds. The Morgan fingerprint density at radius 2 is 1.82 bits per heavy atom. The maximum Gasteiger partial charge on any atom is 0.328 e. The molecule has 2 aliphatic heterocycles. The van der Waals surface area contributed by atoms with Gasteiger partial charge in [-0.3, -0.25) is 0 Å². The second kappa shape index (κ2) is 9.02. The smallest absolute Gasteiger partial charge is 0.328 e. The van der Waals surface area contributed by atoms with Crippen molar-refractivity contribution in [2.24, 2.45) is 0 Å². The minimum atomic E-state index is -0.288. The van der Waals surface area contributed by atoms with E-state index in [-0.39, 0.29) is 17.9 Å². The van der Waals surface area contributed by atoms with Crippen LogP contribution in [0, 0.1) is 19.7 Å². The number of fused-ring (bicyclic) bond motifs is 1. The average Bonchev–Trinajstić information content (AvgIpc) is 2.81. The van der Waals surface area contributed by atoms with Crippen LogP contribution in [0.1, 0.15) is 29.5 Å². The molecular weight excluding hydrogens is 431 g/mol. The van der Waals surface area contributed by atoms with Gasteiger partial charge in [0.1, 0.15) is 5.82 Å². The lowest BCUT2D eigenvalue weighted by Gasteiger charge is -2.33. The number of urea groups is 1. The molecule has 1 saturated heterocycles. The molecule has 0 unspecified atom stereocenters. The van der Waals surface area contributed by atoms with E-state index in [1.54, 1.807) is 11.0 Å². The Kier molecular flexibility index (Phi) is 5.91. The van der Waals surface area contributed by atoms with Crippen molar-refractivity contribution in [3.05, 3.63) is 65.0 Å². The molecule has 5 rings (SSSR count). The second-order valence-corrected chi connectivity index (χ2v) is 9.16. The van der Waals surface area contributed by atoms with Gasteiger partial charge < -0.3 is 15.5 Å². The summed E-state index contributed by atoms with van der Waals surface area (Å²) in [6, 6.07) is 12.5. The third-order valence-electron chi connectivity index (χ3n) is 6.67. The highest BCUT2D eigenvalue weighted by Crippen LogP contribution is 2.38. The second-order valence-electron chi connectivity index (χ2n) is 9.16. The summed E-state index contributed by atoms with van der Waals surface area (Å²) in [4.78, 5) is 26.8. The van der Waals surface area contributed by atoms with E-state index < -0.39 is 0 Å². The molecule has 8 heteroatoms. The number of aromatic nitrogens is 2. The first-order valence-electron chi connectivity index (χ1n) is 11.7. The summed E-state index contributed by atoms with van der Waals surface area (Å²) in [5.41, 5.74) is 4.86. The first-order valence-corrected chi connectivity index (χ1v) is 11.7. The number of hydrogen-bond donors (Lipinski definition) is 2. The molecule has 1 aromatic heterocycles. The van der Waals surface area contributed by atoms with Gasteiger partial charge in [0.15, 0.2) is 5.82 Å². The number of rotatable bonds is 4.